The van der Waals surface area contributed by atoms with E-state index in [4.69, 9.17) is 4.74 Å². The molecule has 14 heavy (non-hydrogen) atoms. The fourth-order valence-corrected chi connectivity index (χ4v) is 2.65. The number of nitrogens with one attached hydrogen (secondary N) is 1. The summed E-state index contributed by atoms with van der Waals surface area (Å²) in [5.74, 6) is 0. The first-order valence-corrected chi connectivity index (χ1v) is 5.87. The van der Waals surface area contributed by atoms with Gasteiger partial charge in [-0.3, -0.25) is 0 Å². The number of ether oxygens (including phenoxy) is 1. The van der Waals surface area contributed by atoms with Crippen molar-refractivity contribution in [3.8, 4) is 0 Å². The lowest BCUT2D eigenvalue weighted by atomic mass is 10.00. The Balaban J connectivity index is 1.76. The van der Waals surface area contributed by atoms with E-state index in [0.717, 1.165) is 6.04 Å². The molecule has 0 unspecified atom stereocenters. The molecule has 0 amide bonds. The first-order chi connectivity index (χ1) is 6.90. The van der Waals surface area contributed by atoms with Crippen LogP contribution >= 0.6 is 0 Å². The molecule has 2 saturated heterocycles. The number of rotatable bonds is 2. The molecule has 2 heterocycles. The third-order valence-electron chi connectivity index (χ3n) is 3.63. The Kier molecular flexibility index (Phi) is 3.79. The Morgan fingerprint density at radius 2 is 1.71 bits per heavy atom. The summed E-state index contributed by atoms with van der Waals surface area (Å²) in [4.78, 5) is 2.66. The molecule has 0 spiro atoms. The summed E-state index contributed by atoms with van der Waals surface area (Å²) in [7, 11) is 1.84. The predicted molar refractivity (Wildman–Crippen MR) is 57.5 cm³/mol. The van der Waals surface area contributed by atoms with Crippen molar-refractivity contribution in [2.75, 3.05) is 33.3 Å². The zero-order valence-electron chi connectivity index (χ0n) is 9.17. The fourth-order valence-electron chi connectivity index (χ4n) is 2.65. The van der Waals surface area contributed by atoms with Gasteiger partial charge in [-0.05, 0) is 38.8 Å². The maximum absolute atomic E-state index is 5.39. The van der Waals surface area contributed by atoms with Crippen molar-refractivity contribution in [2.45, 2.75) is 37.8 Å². The van der Waals surface area contributed by atoms with Crippen molar-refractivity contribution >= 4 is 0 Å². The van der Waals surface area contributed by atoms with Crippen molar-refractivity contribution < 1.29 is 4.74 Å². The van der Waals surface area contributed by atoms with Crippen LogP contribution in [0.25, 0.3) is 0 Å². The van der Waals surface area contributed by atoms with E-state index in [1.807, 2.05) is 7.11 Å². The average molecular weight is 198 g/mol. The highest BCUT2D eigenvalue weighted by Gasteiger charge is 2.25. The van der Waals surface area contributed by atoms with Crippen molar-refractivity contribution in [3.63, 3.8) is 0 Å². The van der Waals surface area contributed by atoms with Crippen molar-refractivity contribution in [3.05, 3.63) is 0 Å². The highest BCUT2D eigenvalue weighted by atomic mass is 16.5. The van der Waals surface area contributed by atoms with Gasteiger partial charge in [0.15, 0.2) is 0 Å². The van der Waals surface area contributed by atoms with E-state index in [0.29, 0.717) is 6.10 Å². The van der Waals surface area contributed by atoms with Gasteiger partial charge in [0.05, 0.1) is 6.10 Å². The van der Waals surface area contributed by atoms with Crippen LogP contribution in [0, 0.1) is 0 Å². The number of piperidine rings is 2. The summed E-state index contributed by atoms with van der Waals surface area (Å²) in [5.41, 5.74) is 0. The second kappa shape index (κ2) is 5.10. The monoisotopic (exact) mass is 198 g/mol. The Morgan fingerprint density at radius 3 is 2.29 bits per heavy atom. The first-order valence-electron chi connectivity index (χ1n) is 5.87. The van der Waals surface area contributed by atoms with Gasteiger partial charge in [-0.2, -0.15) is 0 Å². The van der Waals surface area contributed by atoms with Crippen LogP contribution in [0.5, 0.6) is 0 Å². The highest BCUT2D eigenvalue weighted by Crippen LogP contribution is 2.19. The van der Waals surface area contributed by atoms with Gasteiger partial charge in [0, 0.05) is 26.2 Å². The topological polar surface area (TPSA) is 24.5 Å². The average Bonchev–Trinajstić information content (AvgIpc) is 2.30. The van der Waals surface area contributed by atoms with Gasteiger partial charge in [-0.1, -0.05) is 0 Å². The van der Waals surface area contributed by atoms with Gasteiger partial charge in [0.25, 0.3) is 0 Å². The third-order valence-corrected chi connectivity index (χ3v) is 3.63. The normalized spacial score (nSPS) is 28.1. The quantitative estimate of drug-likeness (QED) is 0.712. The predicted octanol–water partition coefficient (Wildman–Crippen LogP) is 0.849. The Morgan fingerprint density at radius 1 is 1.07 bits per heavy atom. The largest absolute Gasteiger partial charge is 0.381 e. The van der Waals surface area contributed by atoms with Crippen LogP contribution in [0.1, 0.15) is 25.7 Å². The zero-order chi connectivity index (χ0) is 9.80. The number of hydrogen-bond acceptors (Lipinski definition) is 3. The standard InChI is InChI=1S/C11H22N2O/c1-14-11-4-8-13(9-5-11)10-2-6-12-7-3-10/h10-12H,2-9H2,1H3. The molecule has 0 atom stereocenters. The van der Waals surface area contributed by atoms with E-state index >= 15 is 0 Å². The van der Waals surface area contributed by atoms with Crippen LogP contribution in [0.15, 0.2) is 0 Å². The Hall–Kier alpha value is -0.120. The van der Waals surface area contributed by atoms with E-state index in [-0.39, 0.29) is 0 Å². The van der Waals surface area contributed by atoms with Crippen molar-refractivity contribution in [1.29, 1.82) is 0 Å². The Bertz CT molecular complexity index is 161. The van der Waals surface area contributed by atoms with E-state index in [1.54, 1.807) is 0 Å². The number of likely N-dealkylation sites (tertiary alicyclic amines) is 1. The zero-order valence-corrected chi connectivity index (χ0v) is 9.17. The van der Waals surface area contributed by atoms with Crippen molar-refractivity contribution in [1.82, 2.24) is 10.2 Å². The smallest absolute Gasteiger partial charge is 0.0595 e. The molecule has 3 heteroatoms. The van der Waals surface area contributed by atoms with E-state index in [1.165, 1.54) is 51.9 Å². The molecule has 0 radical (unpaired) electrons. The maximum Gasteiger partial charge on any atom is 0.0595 e. The van der Waals surface area contributed by atoms with Gasteiger partial charge in [-0.25, -0.2) is 0 Å². The molecular formula is C11H22N2O. The van der Waals surface area contributed by atoms with E-state index < -0.39 is 0 Å². The lowest BCUT2D eigenvalue weighted by Gasteiger charge is -2.39. The number of nitrogens with zero attached hydrogens (tertiary/aromatic N) is 1. The summed E-state index contributed by atoms with van der Waals surface area (Å²) in [6.45, 7) is 4.89. The molecule has 2 aliphatic heterocycles. The number of hydrogen-bond donors (Lipinski definition) is 1. The molecule has 0 aromatic rings. The molecule has 0 aliphatic carbocycles. The molecule has 0 aromatic heterocycles. The highest BCUT2D eigenvalue weighted by molar-refractivity contribution is 4.82. The van der Waals surface area contributed by atoms with Crippen LogP contribution in [0.4, 0.5) is 0 Å². The molecule has 0 aromatic carbocycles. The van der Waals surface area contributed by atoms with Gasteiger partial charge in [-0.15, -0.1) is 0 Å². The summed E-state index contributed by atoms with van der Waals surface area (Å²) in [6.07, 6.45) is 5.63. The van der Waals surface area contributed by atoms with Crippen LogP contribution in [0.2, 0.25) is 0 Å². The first kappa shape index (κ1) is 10.4. The molecular weight excluding hydrogens is 176 g/mol. The summed E-state index contributed by atoms with van der Waals surface area (Å²) in [6, 6.07) is 0.842. The molecule has 0 saturated carbocycles. The summed E-state index contributed by atoms with van der Waals surface area (Å²) < 4.78 is 5.39. The SMILES string of the molecule is COC1CCN(C2CCNCC2)CC1. The lowest BCUT2D eigenvalue weighted by molar-refractivity contribution is 0.0222. The van der Waals surface area contributed by atoms with Crippen LogP contribution in [0.3, 0.4) is 0 Å². The molecule has 3 nitrogen and oxygen atoms in total. The molecule has 2 aliphatic rings. The van der Waals surface area contributed by atoms with Crippen LogP contribution in [-0.4, -0.2) is 50.3 Å². The molecule has 82 valence electrons. The van der Waals surface area contributed by atoms with E-state index in [9.17, 15) is 0 Å². The third kappa shape index (κ3) is 2.47. The molecule has 0 bridgehead atoms. The van der Waals surface area contributed by atoms with Crippen LogP contribution in [-0.2, 0) is 4.74 Å². The molecule has 2 rings (SSSR count). The van der Waals surface area contributed by atoms with Gasteiger partial charge >= 0.3 is 0 Å². The Labute approximate surface area is 86.8 Å². The summed E-state index contributed by atoms with van der Waals surface area (Å²) in [5, 5.41) is 3.42. The minimum absolute atomic E-state index is 0.521. The second-order valence-corrected chi connectivity index (χ2v) is 4.45. The van der Waals surface area contributed by atoms with Crippen molar-refractivity contribution in [2.24, 2.45) is 0 Å². The summed E-state index contributed by atoms with van der Waals surface area (Å²) >= 11 is 0. The second-order valence-electron chi connectivity index (χ2n) is 4.45. The minimum Gasteiger partial charge on any atom is -0.381 e. The fraction of sp³-hybridized carbons (Fsp3) is 1.00. The number of methoxy groups -OCH3 is 1. The van der Waals surface area contributed by atoms with Crippen LogP contribution < -0.4 is 5.32 Å². The van der Waals surface area contributed by atoms with Gasteiger partial charge in [0.1, 0.15) is 0 Å². The van der Waals surface area contributed by atoms with Gasteiger partial charge in [0.2, 0.25) is 0 Å². The minimum atomic E-state index is 0.521. The molecule has 2 fully saturated rings. The van der Waals surface area contributed by atoms with Gasteiger partial charge < -0.3 is 15.0 Å². The molecule has 1 N–H and O–H groups in total. The lowest BCUT2D eigenvalue weighted by Crippen LogP contribution is -2.47. The maximum atomic E-state index is 5.39. The van der Waals surface area contributed by atoms with E-state index in [2.05, 4.69) is 10.2 Å².